The number of rotatable bonds is 5. The molecule has 0 atom stereocenters. The summed E-state index contributed by atoms with van der Waals surface area (Å²) >= 11 is 0. The average molecular weight is 554 g/mol. The lowest BCUT2D eigenvalue weighted by Crippen LogP contribution is -2.26. The summed E-state index contributed by atoms with van der Waals surface area (Å²) in [4.78, 5) is 2.50. The number of hydrogen-bond donors (Lipinski definition) is 0. The van der Waals surface area contributed by atoms with Gasteiger partial charge in [-0.1, -0.05) is 113 Å². The zero-order valence-electron chi connectivity index (χ0n) is 25.7. The van der Waals surface area contributed by atoms with E-state index in [0.29, 0.717) is 0 Å². The molecule has 1 nitrogen and oxygen atoms in total. The van der Waals surface area contributed by atoms with Gasteiger partial charge < -0.3 is 4.90 Å². The van der Waals surface area contributed by atoms with Crippen LogP contribution in [0.3, 0.4) is 0 Å². The molecule has 0 radical (unpaired) electrons. The summed E-state index contributed by atoms with van der Waals surface area (Å²) in [5, 5.41) is 0. The second-order valence-electron chi connectivity index (χ2n) is 14.0. The van der Waals surface area contributed by atoms with Crippen molar-refractivity contribution >= 4 is 17.1 Å². The van der Waals surface area contributed by atoms with Gasteiger partial charge in [-0.15, -0.1) is 0 Å². The molecule has 2 fully saturated rings. The quantitative estimate of drug-likeness (QED) is 0.222. The van der Waals surface area contributed by atoms with Crippen molar-refractivity contribution in [3.8, 4) is 11.1 Å². The summed E-state index contributed by atoms with van der Waals surface area (Å²) in [5.74, 6) is 1.44. The van der Waals surface area contributed by atoms with Gasteiger partial charge in [0.05, 0.1) is 0 Å². The Morgan fingerprint density at radius 3 is 1.60 bits per heavy atom. The highest BCUT2D eigenvalue weighted by Crippen LogP contribution is 2.46. The van der Waals surface area contributed by atoms with Gasteiger partial charge in [-0.25, -0.2) is 0 Å². The van der Waals surface area contributed by atoms with Crippen LogP contribution in [0.5, 0.6) is 0 Å². The third-order valence-corrected chi connectivity index (χ3v) is 10.6. The van der Waals surface area contributed by atoms with Crippen LogP contribution in [0.25, 0.3) is 11.1 Å². The summed E-state index contributed by atoms with van der Waals surface area (Å²) in [6, 6.07) is 35.4. The Labute approximate surface area is 254 Å². The minimum absolute atomic E-state index is 0.0829. The zero-order valence-corrected chi connectivity index (χ0v) is 25.7. The van der Waals surface area contributed by atoms with E-state index < -0.39 is 0 Å². The summed E-state index contributed by atoms with van der Waals surface area (Å²) < 4.78 is 0. The van der Waals surface area contributed by atoms with E-state index in [0.717, 1.165) is 18.3 Å². The van der Waals surface area contributed by atoms with Crippen LogP contribution >= 0.6 is 0 Å². The van der Waals surface area contributed by atoms with E-state index in [2.05, 4.69) is 110 Å². The van der Waals surface area contributed by atoms with E-state index in [-0.39, 0.29) is 5.41 Å². The maximum absolute atomic E-state index is 2.50. The Bertz CT molecular complexity index is 1500. The van der Waals surface area contributed by atoms with Crippen LogP contribution < -0.4 is 4.90 Å². The number of hydrogen-bond acceptors (Lipinski definition) is 1. The van der Waals surface area contributed by atoms with Gasteiger partial charge in [-0.3, -0.25) is 0 Å². The Morgan fingerprint density at radius 1 is 0.524 bits per heavy atom. The molecule has 0 heterocycles. The highest BCUT2D eigenvalue weighted by Gasteiger charge is 2.31. The van der Waals surface area contributed by atoms with Crippen LogP contribution in [0.1, 0.15) is 119 Å². The predicted molar refractivity (Wildman–Crippen MR) is 180 cm³/mol. The minimum Gasteiger partial charge on any atom is -0.310 e. The topological polar surface area (TPSA) is 3.24 Å². The molecule has 1 heteroatoms. The van der Waals surface area contributed by atoms with Gasteiger partial charge >= 0.3 is 0 Å². The molecule has 0 N–H and O–H groups in total. The minimum atomic E-state index is 0.0829. The number of benzene rings is 4. The first-order valence-electron chi connectivity index (χ1n) is 16.8. The van der Waals surface area contributed by atoms with E-state index in [1.165, 1.54) is 121 Å². The molecule has 0 aliphatic heterocycles. The Balaban J connectivity index is 1.28. The molecule has 2 saturated carbocycles. The summed E-state index contributed by atoms with van der Waals surface area (Å²) in [6.07, 6.45) is 16.1. The molecule has 0 saturated heterocycles. The fraction of sp³-hybridized carbons (Fsp3) is 0.415. The highest BCUT2D eigenvalue weighted by atomic mass is 15.1. The van der Waals surface area contributed by atoms with Gasteiger partial charge in [-0.2, -0.15) is 0 Å². The van der Waals surface area contributed by atoms with Gasteiger partial charge in [0.2, 0.25) is 0 Å². The van der Waals surface area contributed by atoms with Crippen LogP contribution in [0.4, 0.5) is 17.1 Å². The molecule has 42 heavy (non-hydrogen) atoms. The Morgan fingerprint density at radius 2 is 1.02 bits per heavy atom. The second-order valence-corrected chi connectivity index (χ2v) is 14.0. The van der Waals surface area contributed by atoms with Gasteiger partial charge in [0, 0.05) is 17.1 Å². The molecule has 4 aromatic carbocycles. The molecule has 0 amide bonds. The first-order valence-corrected chi connectivity index (χ1v) is 16.8. The van der Waals surface area contributed by atoms with Crippen molar-refractivity contribution in [1.82, 2.24) is 0 Å². The Kier molecular flexibility index (Phi) is 7.70. The van der Waals surface area contributed by atoms with Crippen LogP contribution in [-0.2, 0) is 11.8 Å². The molecular weight excluding hydrogens is 506 g/mol. The van der Waals surface area contributed by atoms with Crippen molar-refractivity contribution in [1.29, 1.82) is 0 Å². The van der Waals surface area contributed by atoms with Crippen LogP contribution in [0, 0.1) is 0 Å². The van der Waals surface area contributed by atoms with Crippen LogP contribution in [0.2, 0.25) is 0 Å². The molecule has 3 aliphatic carbocycles. The predicted octanol–water partition coefficient (Wildman–Crippen LogP) is 12.1. The van der Waals surface area contributed by atoms with E-state index >= 15 is 0 Å². The number of fused-ring (bicyclic) bond motifs is 3. The maximum Gasteiger partial charge on any atom is 0.0464 e. The standard InChI is InChI=1S/C41H47N/c1-41(2)29-34-16-10-11-17-38(34)39-27-26-37(28-40(39)41)42(36-24-20-33(21-25-36)31-14-8-5-9-15-31)35-22-18-32(19-23-35)30-12-6-3-4-7-13-30/h10-11,16-28,30-31H,3-9,12-15,29H2,1-2H3. The molecule has 7 rings (SSSR count). The lowest BCUT2D eigenvalue weighted by molar-refractivity contribution is 0.443. The van der Waals surface area contributed by atoms with Crippen molar-refractivity contribution in [2.75, 3.05) is 4.90 Å². The summed E-state index contributed by atoms with van der Waals surface area (Å²) in [7, 11) is 0. The highest BCUT2D eigenvalue weighted by molar-refractivity contribution is 5.82. The van der Waals surface area contributed by atoms with Crippen molar-refractivity contribution in [3.05, 3.63) is 113 Å². The second kappa shape index (κ2) is 11.8. The average Bonchev–Trinajstić information content (AvgIpc) is 3.32. The Hall–Kier alpha value is -3.32. The third kappa shape index (κ3) is 5.44. The number of nitrogens with zero attached hydrogens (tertiary/aromatic N) is 1. The molecule has 4 aromatic rings. The van der Waals surface area contributed by atoms with Crippen LogP contribution in [0.15, 0.2) is 91.0 Å². The monoisotopic (exact) mass is 553 g/mol. The van der Waals surface area contributed by atoms with E-state index in [9.17, 15) is 0 Å². The molecule has 0 bridgehead atoms. The smallest absolute Gasteiger partial charge is 0.0464 e. The summed E-state index contributed by atoms with van der Waals surface area (Å²) in [6.45, 7) is 4.83. The van der Waals surface area contributed by atoms with Crippen molar-refractivity contribution < 1.29 is 0 Å². The first kappa shape index (κ1) is 27.5. The largest absolute Gasteiger partial charge is 0.310 e. The molecular formula is C41H47N. The maximum atomic E-state index is 2.50. The lowest BCUT2D eigenvalue weighted by Gasteiger charge is -2.36. The van der Waals surface area contributed by atoms with Crippen molar-refractivity contribution in [3.63, 3.8) is 0 Å². The van der Waals surface area contributed by atoms with Gasteiger partial charge in [0.25, 0.3) is 0 Å². The summed E-state index contributed by atoms with van der Waals surface area (Å²) in [5.41, 5.74) is 12.6. The van der Waals surface area contributed by atoms with E-state index in [1.54, 1.807) is 0 Å². The van der Waals surface area contributed by atoms with Gasteiger partial charge in [-0.05, 0) is 119 Å². The fourth-order valence-corrected chi connectivity index (χ4v) is 8.26. The van der Waals surface area contributed by atoms with Crippen molar-refractivity contribution in [2.45, 2.75) is 108 Å². The molecule has 216 valence electrons. The van der Waals surface area contributed by atoms with Crippen molar-refractivity contribution in [2.24, 2.45) is 0 Å². The third-order valence-electron chi connectivity index (χ3n) is 10.6. The van der Waals surface area contributed by atoms with Gasteiger partial charge in [0.15, 0.2) is 0 Å². The number of anilines is 3. The lowest BCUT2D eigenvalue weighted by atomic mass is 9.70. The zero-order chi connectivity index (χ0) is 28.5. The normalized spacial score (nSPS) is 19.0. The molecule has 0 aromatic heterocycles. The molecule has 3 aliphatic rings. The van der Waals surface area contributed by atoms with E-state index in [1.807, 2.05) is 0 Å². The SMILES string of the molecule is CC1(C)Cc2ccccc2-c2ccc(N(c3ccc(C4CCCCCC4)cc3)c3ccc(C4CCCCC4)cc3)cc21. The first-order chi connectivity index (χ1) is 20.6. The van der Waals surface area contributed by atoms with Gasteiger partial charge in [0.1, 0.15) is 0 Å². The molecule has 0 unspecified atom stereocenters. The van der Waals surface area contributed by atoms with Crippen LogP contribution in [-0.4, -0.2) is 0 Å². The molecule has 0 spiro atoms. The van der Waals surface area contributed by atoms with E-state index in [4.69, 9.17) is 0 Å². The fourth-order valence-electron chi connectivity index (χ4n) is 8.26.